The zero-order chi connectivity index (χ0) is 18.0. The van der Waals surface area contributed by atoms with Crippen molar-refractivity contribution in [2.45, 2.75) is 26.3 Å². The van der Waals surface area contributed by atoms with Gasteiger partial charge in [0.15, 0.2) is 0 Å². The standard InChI is InChI=1S/C16H18F2N2O4/c1-8(2)14(16(23)24)19-15(22)9-5-13(21)20(7-9)12-4-3-10(17)6-11(12)18/h3-4,6,8-9,14H,5,7H2,1-2H3,(H,19,22)(H,23,24)/t9?,14-/m0/s1. The maximum absolute atomic E-state index is 13.8. The smallest absolute Gasteiger partial charge is 0.326 e. The third kappa shape index (κ3) is 3.69. The van der Waals surface area contributed by atoms with Gasteiger partial charge in [0, 0.05) is 19.0 Å². The fourth-order valence-electron chi connectivity index (χ4n) is 2.60. The Balaban J connectivity index is 2.11. The van der Waals surface area contributed by atoms with Gasteiger partial charge in [0.05, 0.1) is 11.6 Å². The van der Waals surface area contributed by atoms with Crippen molar-refractivity contribution in [1.29, 1.82) is 0 Å². The molecule has 2 atom stereocenters. The number of halogens is 2. The molecule has 2 N–H and O–H groups in total. The Kier molecular flexibility index (Phi) is 5.16. The fraction of sp³-hybridized carbons (Fsp3) is 0.438. The number of nitrogens with one attached hydrogen (secondary N) is 1. The molecule has 0 bridgehead atoms. The molecule has 1 aliphatic heterocycles. The number of hydrogen-bond acceptors (Lipinski definition) is 3. The molecule has 0 spiro atoms. The van der Waals surface area contributed by atoms with Gasteiger partial charge >= 0.3 is 5.97 Å². The highest BCUT2D eigenvalue weighted by atomic mass is 19.1. The molecule has 0 aliphatic carbocycles. The van der Waals surface area contributed by atoms with E-state index < -0.39 is 41.4 Å². The van der Waals surface area contributed by atoms with Gasteiger partial charge in [-0.2, -0.15) is 0 Å². The van der Waals surface area contributed by atoms with Gasteiger partial charge in [-0.05, 0) is 18.1 Å². The van der Waals surface area contributed by atoms with Gasteiger partial charge in [0.25, 0.3) is 0 Å². The molecule has 1 heterocycles. The second-order valence-corrected chi connectivity index (χ2v) is 6.07. The quantitative estimate of drug-likeness (QED) is 0.851. The van der Waals surface area contributed by atoms with Crippen LogP contribution < -0.4 is 10.2 Å². The maximum Gasteiger partial charge on any atom is 0.326 e. The highest BCUT2D eigenvalue weighted by Gasteiger charge is 2.37. The molecule has 0 aromatic heterocycles. The summed E-state index contributed by atoms with van der Waals surface area (Å²) in [5.41, 5.74) is -0.102. The average molecular weight is 340 g/mol. The lowest BCUT2D eigenvalue weighted by molar-refractivity contribution is -0.143. The van der Waals surface area contributed by atoms with Crippen LogP contribution >= 0.6 is 0 Å². The predicted molar refractivity (Wildman–Crippen MR) is 81.2 cm³/mol. The van der Waals surface area contributed by atoms with E-state index in [1.165, 1.54) is 0 Å². The summed E-state index contributed by atoms with van der Waals surface area (Å²) in [7, 11) is 0. The Hall–Kier alpha value is -2.51. The van der Waals surface area contributed by atoms with Gasteiger partial charge < -0.3 is 15.3 Å². The molecule has 8 heteroatoms. The number of benzene rings is 1. The van der Waals surface area contributed by atoms with Crippen molar-refractivity contribution >= 4 is 23.5 Å². The van der Waals surface area contributed by atoms with Gasteiger partial charge in [0.2, 0.25) is 11.8 Å². The number of carboxylic acid groups (broad SMARTS) is 1. The first kappa shape index (κ1) is 17.8. The van der Waals surface area contributed by atoms with Crippen LogP contribution in [0.3, 0.4) is 0 Å². The van der Waals surface area contributed by atoms with Crippen LogP contribution in [0.4, 0.5) is 14.5 Å². The molecule has 1 aromatic rings. The van der Waals surface area contributed by atoms with Crippen molar-refractivity contribution in [3.05, 3.63) is 29.8 Å². The number of amides is 2. The molecule has 2 rings (SSSR count). The Morgan fingerprint density at radius 1 is 1.33 bits per heavy atom. The van der Waals surface area contributed by atoms with Crippen LogP contribution in [0.15, 0.2) is 18.2 Å². The van der Waals surface area contributed by atoms with E-state index >= 15 is 0 Å². The van der Waals surface area contributed by atoms with E-state index in [4.69, 9.17) is 5.11 Å². The number of carboxylic acids is 1. The van der Waals surface area contributed by atoms with Crippen LogP contribution in [0.5, 0.6) is 0 Å². The van der Waals surface area contributed by atoms with Crippen LogP contribution in [-0.4, -0.2) is 35.5 Å². The van der Waals surface area contributed by atoms with Crippen molar-refractivity contribution in [2.24, 2.45) is 11.8 Å². The molecular weight excluding hydrogens is 322 g/mol. The summed E-state index contributed by atoms with van der Waals surface area (Å²) >= 11 is 0. The van der Waals surface area contributed by atoms with E-state index in [1.54, 1.807) is 13.8 Å². The molecular formula is C16H18F2N2O4. The second kappa shape index (κ2) is 6.94. The van der Waals surface area contributed by atoms with E-state index in [-0.39, 0.29) is 24.6 Å². The normalized spacial score (nSPS) is 18.8. The molecule has 1 saturated heterocycles. The molecule has 0 saturated carbocycles. The van der Waals surface area contributed by atoms with E-state index in [2.05, 4.69) is 5.32 Å². The number of aliphatic carboxylic acids is 1. The Morgan fingerprint density at radius 3 is 2.54 bits per heavy atom. The Labute approximate surface area is 137 Å². The van der Waals surface area contributed by atoms with Gasteiger partial charge in [-0.1, -0.05) is 13.8 Å². The second-order valence-electron chi connectivity index (χ2n) is 6.07. The highest BCUT2D eigenvalue weighted by molar-refractivity contribution is 6.00. The molecule has 1 fully saturated rings. The van der Waals surface area contributed by atoms with Gasteiger partial charge in [-0.3, -0.25) is 9.59 Å². The molecule has 1 unspecified atom stereocenters. The minimum Gasteiger partial charge on any atom is -0.480 e. The number of anilines is 1. The molecule has 2 amide bonds. The first-order chi connectivity index (χ1) is 11.2. The summed E-state index contributed by atoms with van der Waals surface area (Å²) in [6.07, 6.45) is -0.160. The number of nitrogens with zero attached hydrogens (tertiary/aromatic N) is 1. The minimum absolute atomic E-state index is 0.0857. The lowest BCUT2D eigenvalue weighted by Crippen LogP contribution is -2.47. The van der Waals surface area contributed by atoms with Crippen molar-refractivity contribution in [3.63, 3.8) is 0 Å². The highest BCUT2D eigenvalue weighted by Crippen LogP contribution is 2.28. The van der Waals surface area contributed by atoms with Crippen molar-refractivity contribution in [3.8, 4) is 0 Å². The van der Waals surface area contributed by atoms with E-state index in [1.807, 2.05) is 0 Å². The minimum atomic E-state index is -1.16. The number of hydrogen-bond donors (Lipinski definition) is 2. The maximum atomic E-state index is 13.8. The van der Waals surface area contributed by atoms with Crippen molar-refractivity contribution in [1.82, 2.24) is 5.32 Å². The van der Waals surface area contributed by atoms with E-state index in [9.17, 15) is 23.2 Å². The molecule has 130 valence electrons. The summed E-state index contributed by atoms with van der Waals surface area (Å²) in [5, 5.41) is 11.5. The van der Waals surface area contributed by atoms with Gasteiger partial charge in [0.1, 0.15) is 17.7 Å². The van der Waals surface area contributed by atoms with Crippen LogP contribution in [0.2, 0.25) is 0 Å². The molecule has 1 aliphatic rings. The third-order valence-electron chi connectivity index (χ3n) is 3.93. The first-order valence-corrected chi connectivity index (χ1v) is 7.49. The van der Waals surface area contributed by atoms with Gasteiger partial charge in [-0.25, -0.2) is 13.6 Å². The van der Waals surface area contributed by atoms with Crippen LogP contribution in [0.1, 0.15) is 20.3 Å². The lowest BCUT2D eigenvalue weighted by Gasteiger charge is -2.21. The topological polar surface area (TPSA) is 86.7 Å². The average Bonchev–Trinajstić information content (AvgIpc) is 2.85. The zero-order valence-electron chi connectivity index (χ0n) is 13.3. The Bertz CT molecular complexity index is 678. The first-order valence-electron chi connectivity index (χ1n) is 7.49. The SMILES string of the molecule is CC(C)[C@H](NC(=O)C1CC(=O)N(c2ccc(F)cc2F)C1)C(=O)O. The fourth-order valence-corrected chi connectivity index (χ4v) is 2.60. The van der Waals surface area contributed by atoms with E-state index in [0.717, 1.165) is 17.0 Å². The third-order valence-corrected chi connectivity index (χ3v) is 3.93. The van der Waals surface area contributed by atoms with Crippen molar-refractivity contribution in [2.75, 3.05) is 11.4 Å². The van der Waals surface area contributed by atoms with Crippen LogP contribution in [-0.2, 0) is 14.4 Å². The Morgan fingerprint density at radius 2 is 2.00 bits per heavy atom. The molecule has 1 aromatic carbocycles. The van der Waals surface area contributed by atoms with Crippen molar-refractivity contribution < 1.29 is 28.3 Å². The predicted octanol–water partition coefficient (Wildman–Crippen LogP) is 1.54. The number of carbonyl (C=O) groups excluding carboxylic acids is 2. The van der Waals surface area contributed by atoms with E-state index in [0.29, 0.717) is 6.07 Å². The van der Waals surface area contributed by atoms with Gasteiger partial charge in [-0.15, -0.1) is 0 Å². The number of rotatable bonds is 5. The summed E-state index contributed by atoms with van der Waals surface area (Å²) in [5.74, 6) is -4.99. The summed E-state index contributed by atoms with van der Waals surface area (Å²) in [6.45, 7) is 3.22. The molecule has 6 nitrogen and oxygen atoms in total. The van der Waals surface area contributed by atoms with Crippen LogP contribution in [0, 0.1) is 23.5 Å². The lowest BCUT2D eigenvalue weighted by atomic mass is 10.0. The monoisotopic (exact) mass is 340 g/mol. The molecule has 0 radical (unpaired) electrons. The molecule has 24 heavy (non-hydrogen) atoms. The summed E-state index contributed by atoms with van der Waals surface area (Å²) in [4.78, 5) is 36.5. The summed E-state index contributed by atoms with van der Waals surface area (Å²) in [6, 6.07) is 1.76. The number of carbonyl (C=O) groups is 3. The zero-order valence-corrected chi connectivity index (χ0v) is 13.3. The summed E-state index contributed by atoms with van der Waals surface area (Å²) < 4.78 is 26.8. The van der Waals surface area contributed by atoms with Crippen LogP contribution in [0.25, 0.3) is 0 Å². The largest absolute Gasteiger partial charge is 0.480 e.